The standard InChI is InChI=1S/C10H12N2O3/c1-13-9-7(8-4-3-5-15-8)6-11-10(12-9)14-2/h3-4,6,8H,5H2,1-2H3. The Hall–Kier alpha value is -1.62. The van der Waals surface area contributed by atoms with Crippen LogP contribution >= 0.6 is 0 Å². The first-order valence-electron chi connectivity index (χ1n) is 4.58. The molecular formula is C10H12N2O3. The van der Waals surface area contributed by atoms with Crippen molar-refractivity contribution >= 4 is 0 Å². The van der Waals surface area contributed by atoms with Crippen molar-refractivity contribution in [3.63, 3.8) is 0 Å². The molecule has 5 heteroatoms. The van der Waals surface area contributed by atoms with Crippen LogP contribution in [0.5, 0.6) is 11.9 Å². The Balaban J connectivity index is 2.33. The van der Waals surface area contributed by atoms with Crippen molar-refractivity contribution in [3.8, 4) is 11.9 Å². The van der Waals surface area contributed by atoms with Crippen LogP contribution in [-0.2, 0) is 4.74 Å². The second kappa shape index (κ2) is 4.27. The highest BCUT2D eigenvalue weighted by atomic mass is 16.5. The van der Waals surface area contributed by atoms with Gasteiger partial charge in [0.05, 0.1) is 26.4 Å². The van der Waals surface area contributed by atoms with Gasteiger partial charge in [-0.1, -0.05) is 12.2 Å². The monoisotopic (exact) mass is 208 g/mol. The number of methoxy groups -OCH3 is 2. The topological polar surface area (TPSA) is 53.5 Å². The van der Waals surface area contributed by atoms with E-state index in [9.17, 15) is 0 Å². The number of hydrogen-bond acceptors (Lipinski definition) is 5. The molecule has 0 saturated heterocycles. The Morgan fingerprint density at radius 3 is 2.87 bits per heavy atom. The van der Waals surface area contributed by atoms with Crippen LogP contribution in [0.25, 0.3) is 0 Å². The fourth-order valence-corrected chi connectivity index (χ4v) is 1.40. The number of hydrogen-bond donors (Lipinski definition) is 0. The van der Waals surface area contributed by atoms with Gasteiger partial charge in [0.2, 0.25) is 5.88 Å². The summed E-state index contributed by atoms with van der Waals surface area (Å²) in [5.74, 6) is 0.485. The first kappa shape index (κ1) is 9.92. The SMILES string of the molecule is COc1ncc(C2C=CCO2)c(OC)n1. The van der Waals surface area contributed by atoms with E-state index in [2.05, 4.69) is 9.97 Å². The summed E-state index contributed by atoms with van der Waals surface area (Å²) in [5.41, 5.74) is 0.812. The summed E-state index contributed by atoms with van der Waals surface area (Å²) in [4.78, 5) is 8.11. The fraction of sp³-hybridized carbons (Fsp3) is 0.400. The van der Waals surface area contributed by atoms with E-state index < -0.39 is 0 Å². The Kier molecular flexibility index (Phi) is 2.82. The molecule has 80 valence electrons. The molecule has 2 rings (SSSR count). The number of aromatic nitrogens is 2. The molecule has 0 amide bonds. The van der Waals surface area contributed by atoms with Crippen LogP contribution in [0.2, 0.25) is 0 Å². The van der Waals surface area contributed by atoms with Gasteiger partial charge in [0.1, 0.15) is 6.10 Å². The van der Waals surface area contributed by atoms with Crippen LogP contribution < -0.4 is 9.47 Å². The first-order chi connectivity index (χ1) is 7.35. The highest BCUT2D eigenvalue weighted by Crippen LogP contribution is 2.29. The van der Waals surface area contributed by atoms with Crippen molar-refractivity contribution in [1.82, 2.24) is 9.97 Å². The molecule has 1 aliphatic heterocycles. The Bertz CT molecular complexity index is 379. The third kappa shape index (κ3) is 1.92. The molecule has 0 N–H and O–H groups in total. The summed E-state index contributed by atoms with van der Waals surface area (Å²) in [6, 6.07) is 0.289. The van der Waals surface area contributed by atoms with E-state index >= 15 is 0 Å². The maximum Gasteiger partial charge on any atom is 0.319 e. The largest absolute Gasteiger partial charge is 0.481 e. The van der Waals surface area contributed by atoms with Crippen molar-refractivity contribution in [3.05, 3.63) is 23.9 Å². The molecule has 0 saturated carbocycles. The maximum atomic E-state index is 5.44. The van der Waals surface area contributed by atoms with Gasteiger partial charge in [-0.3, -0.25) is 0 Å². The van der Waals surface area contributed by atoms with Crippen LogP contribution in [-0.4, -0.2) is 30.8 Å². The van der Waals surface area contributed by atoms with Crippen molar-refractivity contribution in [1.29, 1.82) is 0 Å². The Labute approximate surface area is 87.7 Å². The molecule has 0 aliphatic carbocycles. The minimum atomic E-state index is -0.120. The lowest BCUT2D eigenvalue weighted by atomic mass is 10.2. The zero-order valence-electron chi connectivity index (χ0n) is 8.64. The van der Waals surface area contributed by atoms with Gasteiger partial charge in [-0.25, -0.2) is 4.98 Å². The zero-order valence-corrected chi connectivity index (χ0v) is 8.64. The van der Waals surface area contributed by atoms with Crippen LogP contribution in [0.15, 0.2) is 18.3 Å². The molecule has 0 aromatic carbocycles. The highest BCUT2D eigenvalue weighted by molar-refractivity contribution is 5.31. The first-order valence-corrected chi connectivity index (χ1v) is 4.58. The lowest BCUT2D eigenvalue weighted by Crippen LogP contribution is -2.04. The molecular weight excluding hydrogens is 196 g/mol. The smallest absolute Gasteiger partial charge is 0.319 e. The van der Waals surface area contributed by atoms with E-state index in [-0.39, 0.29) is 12.1 Å². The summed E-state index contributed by atoms with van der Waals surface area (Å²) in [5, 5.41) is 0. The average molecular weight is 208 g/mol. The second-order valence-electron chi connectivity index (χ2n) is 3.00. The minimum absolute atomic E-state index is 0.120. The van der Waals surface area contributed by atoms with Crippen molar-refractivity contribution < 1.29 is 14.2 Å². The van der Waals surface area contributed by atoms with Crippen LogP contribution in [0.3, 0.4) is 0 Å². The van der Waals surface area contributed by atoms with Gasteiger partial charge in [0, 0.05) is 6.20 Å². The number of nitrogens with zero attached hydrogens (tertiary/aromatic N) is 2. The Morgan fingerprint density at radius 1 is 1.40 bits per heavy atom. The molecule has 1 aromatic heterocycles. The van der Waals surface area contributed by atoms with E-state index in [1.165, 1.54) is 7.11 Å². The van der Waals surface area contributed by atoms with E-state index in [0.717, 1.165) is 5.56 Å². The van der Waals surface area contributed by atoms with E-state index in [4.69, 9.17) is 14.2 Å². The summed E-state index contributed by atoms with van der Waals surface area (Å²) in [6.45, 7) is 0.611. The lowest BCUT2D eigenvalue weighted by molar-refractivity contribution is 0.126. The van der Waals surface area contributed by atoms with Crippen LogP contribution in [0.4, 0.5) is 0 Å². The minimum Gasteiger partial charge on any atom is -0.481 e. The molecule has 1 unspecified atom stereocenters. The van der Waals surface area contributed by atoms with Crippen molar-refractivity contribution in [2.45, 2.75) is 6.10 Å². The van der Waals surface area contributed by atoms with Gasteiger partial charge >= 0.3 is 6.01 Å². The number of rotatable bonds is 3. The predicted molar refractivity (Wildman–Crippen MR) is 53.0 cm³/mol. The van der Waals surface area contributed by atoms with Gasteiger partial charge in [-0.15, -0.1) is 0 Å². The summed E-state index contributed by atoms with van der Waals surface area (Å²) in [6.07, 6.45) is 5.44. The third-order valence-corrected chi connectivity index (χ3v) is 2.12. The molecule has 1 aliphatic rings. The summed E-state index contributed by atoms with van der Waals surface area (Å²) >= 11 is 0. The van der Waals surface area contributed by atoms with Crippen LogP contribution in [0.1, 0.15) is 11.7 Å². The molecule has 15 heavy (non-hydrogen) atoms. The molecule has 0 radical (unpaired) electrons. The van der Waals surface area contributed by atoms with Gasteiger partial charge in [-0.2, -0.15) is 4.98 Å². The normalized spacial score (nSPS) is 19.2. The van der Waals surface area contributed by atoms with Gasteiger partial charge < -0.3 is 14.2 Å². The van der Waals surface area contributed by atoms with Gasteiger partial charge in [0.15, 0.2) is 0 Å². The molecule has 0 spiro atoms. The summed E-state index contributed by atoms with van der Waals surface area (Å²) in [7, 11) is 3.07. The second-order valence-corrected chi connectivity index (χ2v) is 3.00. The molecule has 0 bridgehead atoms. The van der Waals surface area contributed by atoms with Crippen LogP contribution in [0, 0.1) is 0 Å². The molecule has 1 atom stereocenters. The third-order valence-electron chi connectivity index (χ3n) is 2.12. The quantitative estimate of drug-likeness (QED) is 0.697. The maximum absolute atomic E-state index is 5.44. The van der Waals surface area contributed by atoms with Gasteiger partial charge in [0.25, 0.3) is 0 Å². The predicted octanol–water partition coefficient (Wildman–Crippen LogP) is 1.12. The lowest BCUT2D eigenvalue weighted by Gasteiger charge is -2.12. The van der Waals surface area contributed by atoms with Crippen molar-refractivity contribution in [2.24, 2.45) is 0 Å². The molecule has 1 aromatic rings. The molecule has 5 nitrogen and oxygen atoms in total. The summed E-state index contributed by atoms with van der Waals surface area (Å²) < 4.78 is 15.5. The van der Waals surface area contributed by atoms with E-state index in [1.54, 1.807) is 13.3 Å². The molecule has 0 fully saturated rings. The Morgan fingerprint density at radius 2 is 2.27 bits per heavy atom. The van der Waals surface area contributed by atoms with E-state index in [0.29, 0.717) is 12.5 Å². The highest BCUT2D eigenvalue weighted by Gasteiger charge is 2.19. The average Bonchev–Trinajstić information content (AvgIpc) is 2.81. The van der Waals surface area contributed by atoms with Gasteiger partial charge in [-0.05, 0) is 0 Å². The fourth-order valence-electron chi connectivity index (χ4n) is 1.40. The number of ether oxygens (including phenoxy) is 3. The zero-order chi connectivity index (χ0) is 10.7. The molecule has 2 heterocycles. The van der Waals surface area contributed by atoms with Crippen molar-refractivity contribution in [2.75, 3.05) is 20.8 Å². The van der Waals surface area contributed by atoms with E-state index in [1.807, 2.05) is 12.2 Å².